The van der Waals surface area contributed by atoms with E-state index in [1.807, 2.05) is 0 Å². The second kappa shape index (κ2) is 6.18. The number of ether oxygens (including phenoxy) is 1. The molecule has 2 heterocycles. The molecule has 1 aliphatic carbocycles. The zero-order chi connectivity index (χ0) is 14.8. The zero-order valence-corrected chi connectivity index (χ0v) is 13.2. The Bertz CT molecular complexity index is 537. The van der Waals surface area contributed by atoms with Gasteiger partial charge < -0.3 is 9.64 Å². The van der Waals surface area contributed by atoms with E-state index >= 15 is 0 Å². The number of esters is 1. The number of thiophene rings is 1. The van der Waals surface area contributed by atoms with Gasteiger partial charge in [-0.1, -0.05) is 12.8 Å². The maximum atomic E-state index is 12.8. The summed E-state index contributed by atoms with van der Waals surface area (Å²) in [5, 5.41) is 0. The van der Waals surface area contributed by atoms with Crippen molar-refractivity contribution in [1.29, 1.82) is 0 Å². The molecule has 4 nitrogen and oxygen atoms in total. The van der Waals surface area contributed by atoms with Crippen molar-refractivity contribution in [2.24, 2.45) is 5.92 Å². The number of methoxy groups -OCH3 is 1. The Morgan fingerprint density at radius 3 is 2.67 bits per heavy atom. The molecule has 0 spiro atoms. The SMILES string of the molecule is COC(=O)c1ccc(C(=O)N2CCC[C@H]3CCCC[C@H]32)s1. The van der Waals surface area contributed by atoms with Crippen LogP contribution in [0.15, 0.2) is 12.1 Å². The first-order chi connectivity index (χ1) is 10.2. The highest BCUT2D eigenvalue weighted by Crippen LogP contribution is 2.36. The second-order valence-electron chi connectivity index (χ2n) is 5.91. The molecule has 3 rings (SSSR count). The molecule has 1 aromatic rings. The van der Waals surface area contributed by atoms with Gasteiger partial charge in [0.05, 0.1) is 12.0 Å². The van der Waals surface area contributed by atoms with Crippen LogP contribution in [0.25, 0.3) is 0 Å². The molecule has 0 N–H and O–H groups in total. The highest BCUT2D eigenvalue weighted by Gasteiger charge is 2.36. The van der Waals surface area contributed by atoms with E-state index in [-0.39, 0.29) is 11.9 Å². The van der Waals surface area contributed by atoms with Crippen LogP contribution < -0.4 is 0 Å². The molecular formula is C16H21NO3S. The first-order valence-corrected chi connectivity index (χ1v) is 8.51. The van der Waals surface area contributed by atoms with E-state index in [2.05, 4.69) is 4.90 Å². The summed E-state index contributed by atoms with van der Waals surface area (Å²) in [4.78, 5) is 27.5. The fourth-order valence-electron chi connectivity index (χ4n) is 3.68. The lowest BCUT2D eigenvalue weighted by molar-refractivity contribution is 0.0395. The Hall–Kier alpha value is -1.36. The number of fused-ring (bicyclic) bond motifs is 1. The normalized spacial score (nSPS) is 25.3. The molecule has 1 amide bonds. The summed E-state index contributed by atoms with van der Waals surface area (Å²) in [5.74, 6) is 0.400. The van der Waals surface area contributed by atoms with Crippen LogP contribution in [0, 0.1) is 5.92 Å². The van der Waals surface area contributed by atoms with E-state index in [4.69, 9.17) is 4.74 Å². The van der Waals surface area contributed by atoms with Gasteiger partial charge in [-0.15, -0.1) is 11.3 Å². The van der Waals surface area contributed by atoms with Crippen LogP contribution in [0.3, 0.4) is 0 Å². The van der Waals surface area contributed by atoms with Crippen molar-refractivity contribution in [3.63, 3.8) is 0 Å². The molecule has 2 atom stereocenters. The minimum Gasteiger partial charge on any atom is -0.465 e. The Morgan fingerprint density at radius 2 is 1.86 bits per heavy atom. The minimum atomic E-state index is -0.367. The third-order valence-corrected chi connectivity index (χ3v) is 5.76. The smallest absolute Gasteiger partial charge is 0.348 e. The van der Waals surface area contributed by atoms with Crippen LogP contribution in [-0.2, 0) is 4.74 Å². The molecule has 0 radical (unpaired) electrons. The van der Waals surface area contributed by atoms with E-state index in [9.17, 15) is 9.59 Å². The van der Waals surface area contributed by atoms with Crippen molar-refractivity contribution >= 4 is 23.2 Å². The van der Waals surface area contributed by atoms with Crippen LogP contribution in [0.1, 0.15) is 57.9 Å². The molecule has 21 heavy (non-hydrogen) atoms. The van der Waals surface area contributed by atoms with Crippen molar-refractivity contribution in [2.45, 2.75) is 44.6 Å². The number of piperidine rings is 1. The maximum Gasteiger partial charge on any atom is 0.348 e. The fourth-order valence-corrected chi connectivity index (χ4v) is 4.56. The third kappa shape index (κ3) is 2.84. The first-order valence-electron chi connectivity index (χ1n) is 7.70. The lowest BCUT2D eigenvalue weighted by Crippen LogP contribution is -2.49. The fraction of sp³-hybridized carbons (Fsp3) is 0.625. The molecule has 0 bridgehead atoms. The van der Waals surface area contributed by atoms with E-state index < -0.39 is 0 Å². The van der Waals surface area contributed by atoms with Gasteiger partial charge >= 0.3 is 5.97 Å². The summed E-state index contributed by atoms with van der Waals surface area (Å²) in [5.41, 5.74) is 0. The number of likely N-dealkylation sites (tertiary alicyclic amines) is 1. The summed E-state index contributed by atoms with van der Waals surface area (Å²) in [7, 11) is 1.36. The molecule has 1 saturated carbocycles. The third-order valence-electron chi connectivity index (χ3n) is 4.71. The zero-order valence-electron chi connectivity index (χ0n) is 12.3. The summed E-state index contributed by atoms with van der Waals surface area (Å²) < 4.78 is 4.71. The van der Waals surface area contributed by atoms with E-state index in [0.29, 0.717) is 21.7 Å². The van der Waals surface area contributed by atoms with Gasteiger partial charge in [-0.2, -0.15) is 0 Å². The molecule has 0 aromatic carbocycles. The van der Waals surface area contributed by atoms with E-state index in [0.717, 1.165) is 19.4 Å². The van der Waals surface area contributed by atoms with Crippen LogP contribution in [0.4, 0.5) is 0 Å². The molecule has 2 aliphatic rings. The van der Waals surface area contributed by atoms with Crippen molar-refractivity contribution in [1.82, 2.24) is 4.90 Å². The predicted octanol–water partition coefficient (Wildman–Crippen LogP) is 3.33. The molecule has 1 aromatic heterocycles. The first kappa shape index (κ1) is 14.6. The molecule has 5 heteroatoms. The van der Waals surface area contributed by atoms with Crippen LogP contribution in [0.5, 0.6) is 0 Å². The van der Waals surface area contributed by atoms with Gasteiger partial charge in [-0.05, 0) is 43.7 Å². The number of nitrogens with zero attached hydrogens (tertiary/aromatic N) is 1. The number of amides is 1. The molecule has 1 saturated heterocycles. The van der Waals surface area contributed by atoms with Crippen molar-refractivity contribution in [3.05, 3.63) is 21.9 Å². The highest BCUT2D eigenvalue weighted by atomic mass is 32.1. The van der Waals surface area contributed by atoms with Gasteiger partial charge in [0.25, 0.3) is 5.91 Å². The number of hydrogen-bond acceptors (Lipinski definition) is 4. The number of carbonyl (C=O) groups is 2. The van der Waals surface area contributed by atoms with E-state index in [1.54, 1.807) is 12.1 Å². The Morgan fingerprint density at radius 1 is 1.14 bits per heavy atom. The quantitative estimate of drug-likeness (QED) is 0.787. The Balaban J connectivity index is 1.77. The van der Waals surface area contributed by atoms with Crippen molar-refractivity contribution < 1.29 is 14.3 Å². The maximum absolute atomic E-state index is 12.8. The Kier molecular flexibility index (Phi) is 4.29. The highest BCUT2D eigenvalue weighted by molar-refractivity contribution is 7.15. The van der Waals surface area contributed by atoms with Gasteiger partial charge in [0, 0.05) is 12.6 Å². The molecular weight excluding hydrogens is 286 g/mol. The van der Waals surface area contributed by atoms with Gasteiger partial charge in [-0.3, -0.25) is 4.79 Å². The molecule has 0 unspecified atom stereocenters. The van der Waals surface area contributed by atoms with Gasteiger partial charge in [0.2, 0.25) is 0 Å². The topological polar surface area (TPSA) is 46.6 Å². The summed E-state index contributed by atoms with van der Waals surface area (Å²) in [6.07, 6.45) is 7.27. The molecule has 1 aliphatic heterocycles. The summed E-state index contributed by atoms with van der Waals surface area (Å²) in [6.45, 7) is 0.853. The van der Waals surface area contributed by atoms with E-state index in [1.165, 1.54) is 44.1 Å². The van der Waals surface area contributed by atoms with Gasteiger partial charge in [0.15, 0.2) is 0 Å². The summed E-state index contributed by atoms with van der Waals surface area (Å²) >= 11 is 1.24. The lowest BCUT2D eigenvalue weighted by Gasteiger charge is -2.44. The molecule has 114 valence electrons. The van der Waals surface area contributed by atoms with Crippen LogP contribution >= 0.6 is 11.3 Å². The largest absolute Gasteiger partial charge is 0.465 e. The minimum absolute atomic E-state index is 0.0896. The number of hydrogen-bond donors (Lipinski definition) is 0. The second-order valence-corrected chi connectivity index (χ2v) is 6.99. The average Bonchev–Trinajstić information content (AvgIpc) is 3.03. The van der Waals surface area contributed by atoms with Gasteiger partial charge in [0.1, 0.15) is 4.88 Å². The van der Waals surface area contributed by atoms with Crippen LogP contribution in [0.2, 0.25) is 0 Å². The predicted molar refractivity (Wildman–Crippen MR) is 81.7 cm³/mol. The van der Waals surface area contributed by atoms with Crippen molar-refractivity contribution in [3.8, 4) is 0 Å². The lowest BCUT2D eigenvalue weighted by atomic mass is 9.78. The average molecular weight is 307 g/mol. The molecule has 2 fully saturated rings. The summed E-state index contributed by atoms with van der Waals surface area (Å²) in [6, 6.07) is 3.85. The Labute approximate surface area is 129 Å². The number of rotatable bonds is 2. The van der Waals surface area contributed by atoms with Crippen molar-refractivity contribution in [2.75, 3.05) is 13.7 Å². The monoisotopic (exact) mass is 307 g/mol. The van der Waals surface area contributed by atoms with Crippen LogP contribution in [-0.4, -0.2) is 36.5 Å². The standard InChI is InChI=1S/C16H21NO3S/c1-20-16(19)14-9-8-13(21-14)15(18)17-10-4-6-11-5-2-3-7-12(11)17/h8-9,11-12H,2-7,10H2,1H3/t11-,12-/m1/s1. The van der Waals surface area contributed by atoms with Gasteiger partial charge in [-0.25, -0.2) is 4.79 Å². The number of carbonyl (C=O) groups excluding carboxylic acids is 2.